The first kappa shape index (κ1) is 14.7. The average Bonchev–Trinajstić information content (AvgIpc) is 3.05. The molecule has 1 amide bonds. The van der Waals surface area contributed by atoms with Crippen molar-refractivity contribution in [2.24, 2.45) is 0 Å². The molecule has 5 aromatic rings. The predicted octanol–water partition coefficient (Wildman–Crippen LogP) is 5.99. The van der Waals surface area contributed by atoms with Crippen LogP contribution in [-0.2, 0) is 0 Å². The quantitative estimate of drug-likeness (QED) is 0.430. The fraction of sp³-hybridized carbons (Fsp3) is 0. The van der Waals surface area contributed by atoms with E-state index in [9.17, 15) is 4.79 Å². The summed E-state index contributed by atoms with van der Waals surface area (Å²) in [6, 6.07) is 27.4. The molecule has 3 heteroatoms. The Kier molecular flexibility index (Phi) is 3.25. The van der Waals surface area contributed by atoms with Gasteiger partial charge in [0.05, 0.1) is 0 Å². The standard InChI is InChI=1S/C23H15NO2/c25-23(17-10-9-15-5-1-2-6-16(15)13-17)24-18-11-12-22-20(14-18)19-7-3-4-8-21(19)26-22/h1-14H,(H,24,25). The van der Waals surface area contributed by atoms with Crippen LogP contribution in [0, 0.1) is 0 Å². The molecule has 1 N–H and O–H groups in total. The molecule has 0 saturated carbocycles. The van der Waals surface area contributed by atoms with Gasteiger partial charge in [-0.2, -0.15) is 0 Å². The highest BCUT2D eigenvalue weighted by atomic mass is 16.3. The number of hydrogen-bond acceptors (Lipinski definition) is 2. The van der Waals surface area contributed by atoms with Crippen molar-refractivity contribution in [1.82, 2.24) is 0 Å². The molecular formula is C23H15NO2. The molecule has 0 saturated heterocycles. The molecule has 0 unspecified atom stereocenters. The molecule has 0 radical (unpaired) electrons. The molecular weight excluding hydrogens is 322 g/mol. The Morgan fingerprint density at radius 1 is 0.692 bits per heavy atom. The van der Waals surface area contributed by atoms with E-state index in [-0.39, 0.29) is 5.91 Å². The Morgan fingerprint density at radius 3 is 2.38 bits per heavy atom. The summed E-state index contributed by atoms with van der Waals surface area (Å²) >= 11 is 0. The van der Waals surface area contributed by atoms with Gasteiger partial charge >= 0.3 is 0 Å². The van der Waals surface area contributed by atoms with Crippen molar-refractivity contribution < 1.29 is 9.21 Å². The second kappa shape index (κ2) is 5.74. The fourth-order valence-corrected chi connectivity index (χ4v) is 3.34. The van der Waals surface area contributed by atoms with E-state index >= 15 is 0 Å². The Bertz CT molecular complexity index is 1280. The maximum absolute atomic E-state index is 12.7. The summed E-state index contributed by atoms with van der Waals surface area (Å²) in [5, 5.41) is 7.20. The van der Waals surface area contributed by atoms with Crippen molar-refractivity contribution in [1.29, 1.82) is 0 Å². The number of rotatable bonds is 2. The lowest BCUT2D eigenvalue weighted by Gasteiger charge is -2.06. The maximum atomic E-state index is 12.7. The molecule has 0 aliphatic rings. The Hall–Kier alpha value is -3.59. The van der Waals surface area contributed by atoms with E-state index in [0.717, 1.165) is 38.4 Å². The maximum Gasteiger partial charge on any atom is 0.255 e. The molecule has 0 aliphatic carbocycles. The molecule has 0 bridgehead atoms. The SMILES string of the molecule is O=C(Nc1ccc2oc3ccccc3c2c1)c1ccc2ccccc2c1. The largest absolute Gasteiger partial charge is 0.456 e. The second-order valence-corrected chi connectivity index (χ2v) is 6.33. The van der Waals surface area contributed by atoms with Crippen LogP contribution in [0.3, 0.4) is 0 Å². The van der Waals surface area contributed by atoms with Crippen molar-refractivity contribution in [2.75, 3.05) is 5.32 Å². The number of hydrogen-bond donors (Lipinski definition) is 1. The summed E-state index contributed by atoms with van der Waals surface area (Å²) in [5.41, 5.74) is 3.05. The van der Waals surface area contributed by atoms with Crippen molar-refractivity contribution in [3.05, 3.63) is 90.5 Å². The zero-order chi connectivity index (χ0) is 17.5. The lowest BCUT2D eigenvalue weighted by atomic mass is 10.1. The first-order valence-electron chi connectivity index (χ1n) is 8.49. The normalized spacial score (nSPS) is 11.2. The summed E-state index contributed by atoms with van der Waals surface area (Å²) in [6.45, 7) is 0. The number of benzene rings is 4. The smallest absolute Gasteiger partial charge is 0.255 e. The Morgan fingerprint density at radius 2 is 1.46 bits per heavy atom. The number of amides is 1. The van der Waals surface area contributed by atoms with Gasteiger partial charge in [-0.15, -0.1) is 0 Å². The van der Waals surface area contributed by atoms with Crippen LogP contribution in [0.15, 0.2) is 89.3 Å². The van der Waals surface area contributed by atoms with E-state index in [0.29, 0.717) is 5.56 Å². The van der Waals surface area contributed by atoms with Gasteiger partial charge in [0, 0.05) is 22.0 Å². The molecule has 5 rings (SSSR count). The molecule has 0 aliphatic heterocycles. The van der Waals surface area contributed by atoms with Crippen LogP contribution < -0.4 is 5.32 Å². The van der Waals surface area contributed by atoms with Crippen LogP contribution in [-0.4, -0.2) is 5.91 Å². The predicted molar refractivity (Wildman–Crippen MR) is 106 cm³/mol. The minimum absolute atomic E-state index is 0.122. The van der Waals surface area contributed by atoms with Gasteiger partial charge in [0.25, 0.3) is 5.91 Å². The highest BCUT2D eigenvalue weighted by Gasteiger charge is 2.10. The molecule has 0 fully saturated rings. The minimum Gasteiger partial charge on any atom is -0.456 e. The molecule has 1 aromatic heterocycles. The van der Waals surface area contributed by atoms with Crippen LogP contribution in [0.25, 0.3) is 32.7 Å². The van der Waals surface area contributed by atoms with Crippen LogP contribution in [0.4, 0.5) is 5.69 Å². The van der Waals surface area contributed by atoms with Crippen LogP contribution in [0.2, 0.25) is 0 Å². The number of carbonyl (C=O) groups is 1. The number of nitrogens with one attached hydrogen (secondary N) is 1. The number of furan rings is 1. The zero-order valence-electron chi connectivity index (χ0n) is 13.9. The third-order valence-electron chi connectivity index (χ3n) is 4.65. The molecule has 3 nitrogen and oxygen atoms in total. The minimum atomic E-state index is -0.122. The average molecular weight is 337 g/mol. The molecule has 0 spiro atoms. The molecule has 124 valence electrons. The first-order valence-corrected chi connectivity index (χ1v) is 8.49. The van der Waals surface area contributed by atoms with Gasteiger partial charge in [-0.05, 0) is 47.2 Å². The first-order chi connectivity index (χ1) is 12.8. The van der Waals surface area contributed by atoms with Crippen LogP contribution >= 0.6 is 0 Å². The van der Waals surface area contributed by atoms with E-state index < -0.39 is 0 Å². The lowest BCUT2D eigenvalue weighted by molar-refractivity contribution is 0.102. The summed E-state index contributed by atoms with van der Waals surface area (Å²) in [5.74, 6) is -0.122. The Balaban J connectivity index is 1.51. The van der Waals surface area contributed by atoms with E-state index in [4.69, 9.17) is 4.42 Å². The van der Waals surface area contributed by atoms with Gasteiger partial charge in [-0.1, -0.05) is 48.5 Å². The van der Waals surface area contributed by atoms with E-state index in [2.05, 4.69) is 5.32 Å². The van der Waals surface area contributed by atoms with Crippen LogP contribution in [0.1, 0.15) is 10.4 Å². The highest BCUT2D eigenvalue weighted by Crippen LogP contribution is 2.30. The van der Waals surface area contributed by atoms with E-state index in [1.54, 1.807) is 0 Å². The zero-order valence-corrected chi connectivity index (χ0v) is 13.9. The summed E-state index contributed by atoms with van der Waals surface area (Å²) in [7, 11) is 0. The van der Waals surface area contributed by atoms with Crippen molar-refractivity contribution in [2.45, 2.75) is 0 Å². The number of para-hydroxylation sites is 1. The summed E-state index contributed by atoms with van der Waals surface area (Å²) in [6.07, 6.45) is 0. The van der Waals surface area contributed by atoms with Crippen LogP contribution in [0.5, 0.6) is 0 Å². The van der Waals surface area contributed by atoms with Gasteiger partial charge in [0.15, 0.2) is 0 Å². The molecule has 0 atom stereocenters. The van der Waals surface area contributed by atoms with E-state index in [1.165, 1.54) is 0 Å². The number of anilines is 1. The number of fused-ring (bicyclic) bond motifs is 4. The second-order valence-electron chi connectivity index (χ2n) is 6.33. The monoisotopic (exact) mass is 337 g/mol. The topological polar surface area (TPSA) is 42.2 Å². The van der Waals surface area contributed by atoms with Crippen molar-refractivity contribution in [3.8, 4) is 0 Å². The van der Waals surface area contributed by atoms with Crippen molar-refractivity contribution >= 4 is 44.3 Å². The van der Waals surface area contributed by atoms with Gasteiger partial charge in [0.2, 0.25) is 0 Å². The van der Waals surface area contributed by atoms with Gasteiger partial charge < -0.3 is 9.73 Å². The van der Waals surface area contributed by atoms with E-state index in [1.807, 2.05) is 84.9 Å². The molecule has 26 heavy (non-hydrogen) atoms. The summed E-state index contributed by atoms with van der Waals surface area (Å²) in [4.78, 5) is 12.7. The van der Waals surface area contributed by atoms with Crippen molar-refractivity contribution in [3.63, 3.8) is 0 Å². The third kappa shape index (κ3) is 2.42. The Labute approximate surface area is 149 Å². The van der Waals surface area contributed by atoms with Gasteiger partial charge in [-0.25, -0.2) is 0 Å². The van der Waals surface area contributed by atoms with Gasteiger partial charge in [-0.3, -0.25) is 4.79 Å². The summed E-state index contributed by atoms with van der Waals surface area (Å²) < 4.78 is 5.83. The molecule has 1 heterocycles. The highest BCUT2D eigenvalue weighted by molar-refractivity contribution is 6.10. The number of carbonyl (C=O) groups excluding carboxylic acids is 1. The molecule has 4 aromatic carbocycles. The van der Waals surface area contributed by atoms with Gasteiger partial charge in [0.1, 0.15) is 11.2 Å². The fourth-order valence-electron chi connectivity index (χ4n) is 3.34. The lowest BCUT2D eigenvalue weighted by Crippen LogP contribution is -2.11. The third-order valence-corrected chi connectivity index (χ3v) is 4.65.